The molecule has 0 spiro atoms. The van der Waals surface area contributed by atoms with E-state index in [2.05, 4.69) is 11.7 Å². The third-order valence-corrected chi connectivity index (χ3v) is 2.21. The van der Waals surface area contributed by atoms with E-state index < -0.39 is 4.92 Å². The summed E-state index contributed by atoms with van der Waals surface area (Å²) in [5.41, 5.74) is 1.43. The molecule has 0 saturated carbocycles. The van der Waals surface area contributed by atoms with E-state index in [1.54, 1.807) is 25.9 Å². The molecule has 0 aliphatic rings. The number of hydrogen-bond donors (Lipinski definition) is 0. The minimum atomic E-state index is -0.396. The first-order chi connectivity index (χ1) is 7.34. The Bertz CT molecular complexity index is 436. The highest BCUT2D eigenvalue weighted by molar-refractivity contribution is 5.61. The minimum Gasteiger partial charge on any atom is -0.350 e. The fourth-order valence-corrected chi connectivity index (χ4v) is 1.76. The Kier molecular flexibility index (Phi) is 3.31. The van der Waals surface area contributed by atoms with Gasteiger partial charge in [-0.1, -0.05) is 12.2 Å². The maximum absolute atomic E-state index is 10.9. The Hall–Kier alpha value is -1.85. The van der Waals surface area contributed by atoms with Gasteiger partial charge in [0.15, 0.2) is 0 Å². The summed E-state index contributed by atoms with van der Waals surface area (Å²) in [6, 6.07) is 0. The lowest BCUT2D eigenvalue weighted by atomic mass is 10.3. The first-order valence-corrected chi connectivity index (χ1v) is 4.88. The molecule has 0 amide bonds. The van der Waals surface area contributed by atoms with Crippen molar-refractivity contribution in [2.75, 3.05) is 18.5 Å². The lowest BCUT2D eigenvalue weighted by molar-refractivity contribution is -0.384. The van der Waals surface area contributed by atoms with E-state index in [4.69, 9.17) is 0 Å². The molecule has 88 valence electrons. The number of aryl methyl sites for hydroxylation is 2. The maximum Gasteiger partial charge on any atom is 0.333 e. The predicted molar refractivity (Wildman–Crippen MR) is 62.7 cm³/mol. The van der Waals surface area contributed by atoms with Crippen molar-refractivity contribution >= 4 is 11.5 Å². The molecule has 0 fully saturated rings. The highest BCUT2D eigenvalue weighted by atomic mass is 16.6. The van der Waals surface area contributed by atoms with Crippen LogP contribution in [0.15, 0.2) is 12.2 Å². The molecule has 6 nitrogen and oxygen atoms in total. The summed E-state index contributed by atoms with van der Waals surface area (Å²) in [6.45, 7) is 7.88. The van der Waals surface area contributed by atoms with Crippen molar-refractivity contribution in [3.05, 3.63) is 28.0 Å². The number of anilines is 1. The number of likely N-dealkylation sites (N-methyl/N-ethyl adjacent to an activating group) is 1. The summed E-state index contributed by atoms with van der Waals surface area (Å²) in [6.07, 6.45) is 0. The Labute approximate surface area is 94.3 Å². The number of hydrogen-bond acceptors (Lipinski definition) is 4. The van der Waals surface area contributed by atoms with Crippen LogP contribution in [0.4, 0.5) is 11.5 Å². The standard InChI is InChI=1S/C10H16N4O2/c1-7(2)6-12(4)10-9(14(15)16)8(3)11-13(10)5/h1,6H2,2-5H3. The fraction of sp³-hybridized carbons (Fsp3) is 0.500. The molecule has 1 heterocycles. The van der Waals surface area contributed by atoms with Crippen molar-refractivity contribution in [3.63, 3.8) is 0 Å². The highest BCUT2D eigenvalue weighted by Crippen LogP contribution is 2.30. The Balaban J connectivity index is 3.21. The normalized spacial score (nSPS) is 10.2. The van der Waals surface area contributed by atoms with Crippen molar-refractivity contribution in [3.8, 4) is 0 Å². The van der Waals surface area contributed by atoms with Crippen LogP contribution in [0.5, 0.6) is 0 Å². The summed E-state index contributed by atoms with van der Waals surface area (Å²) in [5, 5.41) is 15.0. The minimum absolute atomic E-state index is 0.0613. The van der Waals surface area contributed by atoms with Crippen LogP contribution in [0.1, 0.15) is 12.6 Å². The largest absolute Gasteiger partial charge is 0.350 e. The number of rotatable bonds is 4. The van der Waals surface area contributed by atoms with Gasteiger partial charge in [0, 0.05) is 20.6 Å². The van der Waals surface area contributed by atoms with E-state index in [1.165, 1.54) is 4.68 Å². The Morgan fingerprint density at radius 3 is 2.69 bits per heavy atom. The monoisotopic (exact) mass is 224 g/mol. The average molecular weight is 224 g/mol. The zero-order valence-corrected chi connectivity index (χ0v) is 10.0. The molecule has 16 heavy (non-hydrogen) atoms. The summed E-state index contributed by atoms with van der Waals surface area (Å²) >= 11 is 0. The molecule has 0 radical (unpaired) electrons. The van der Waals surface area contributed by atoms with Gasteiger partial charge in [-0.15, -0.1) is 0 Å². The summed E-state index contributed by atoms with van der Waals surface area (Å²) in [4.78, 5) is 12.3. The van der Waals surface area contributed by atoms with Crippen LogP contribution in [0.25, 0.3) is 0 Å². The molecular weight excluding hydrogens is 208 g/mol. The molecule has 0 aromatic carbocycles. The lowest BCUT2D eigenvalue weighted by Gasteiger charge is -2.18. The van der Waals surface area contributed by atoms with E-state index in [1.807, 2.05) is 6.92 Å². The molecule has 0 aliphatic heterocycles. The molecular formula is C10H16N4O2. The van der Waals surface area contributed by atoms with Gasteiger partial charge in [0.25, 0.3) is 0 Å². The van der Waals surface area contributed by atoms with Gasteiger partial charge in [0.1, 0.15) is 5.69 Å². The van der Waals surface area contributed by atoms with Gasteiger partial charge in [0.2, 0.25) is 5.82 Å². The second-order valence-electron chi connectivity index (χ2n) is 3.95. The molecule has 1 aromatic rings. The van der Waals surface area contributed by atoms with E-state index >= 15 is 0 Å². The molecule has 0 unspecified atom stereocenters. The van der Waals surface area contributed by atoms with Gasteiger partial charge in [-0.25, -0.2) is 4.68 Å². The van der Waals surface area contributed by atoms with Crippen molar-refractivity contribution < 1.29 is 4.92 Å². The quantitative estimate of drug-likeness (QED) is 0.443. The molecule has 1 aromatic heterocycles. The van der Waals surface area contributed by atoms with Gasteiger partial charge in [-0.05, 0) is 13.8 Å². The smallest absolute Gasteiger partial charge is 0.333 e. The molecule has 6 heteroatoms. The molecule has 0 aliphatic carbocycles. The van der Waals surface area contributed by atoms with Crippen molar-refractivity contribution in [2.45, 2.75) is 13.8 Å². The van der Waals surface area contributed by atoms with Crippen LogP contribution in [-0.4, -0.2) is 28.3 Å². The van der Waals surface area contributed by atoms with Crippen LogP contribution in [-0.2, 0) is 7.05 Å². The SMILES string of the molecule is C=C(C)CN(C)c1c([N+](=O)[O-])c(C)nn1C. The highest BCUT2D eigenvalue weighted by Gasteiger charge is 2.26. The van der Waals surface area contributed by atoms with Crippen LogP contribution < -0.4 is 4.90 Å². The first-order valence-electron chi connectivity index (χ1n) is 4.88. The Morgan fingerprint density at radius 1 is 1.69 bits per heavy atom. The maximum atomic E-state index is 10.9. The molecule has 1 rings (SSSR count). The summed E-state index contributed by atoms with van der Waals surface area (Å²) in [5.74, 6) is 0.505. The van der Waals surface area contributed by atoms with Crippen molar-refractivity contribution in [1.82, 2.24) is 9.78 Å². The van der Waals surface area contributed by atoms with Gasteiger partial charge >= 0.3 is 5.69 Å². The van der Waals surface area contributed by atoms with Crippen LogP contribution in [0.2, 0.25) is 0 Å². The number of nitrogens with zero attached hydrogens (tertiary/aromatic N) is 4. The zero-order valence-electron chi connectivity index (χ0n) is 10.0. The Morgan fingerprint density at radius 2 is 2.25 bits per heavy atom. The summed E-state index contributed by atoms with van der Waals surface area (Å²) in [7, 11) is 3.49. The van der Waals surface area contributed by atoms with Gasteiger partial charge in [0.05, 0.1) is 4.92 Å². The van der Waals surface area contributed by atoms with Gasteiger partial charge < -0.3 is 4.90 Å². The number of aromatic nitrogens is 2. The number of nitro groups is 1. The van der Waals surface area contributed by atoms with Crippen molar-refractivity contribution in [2.24, 2.45) is 7.05 Å². The van der Waals surface area contributed by atoms with E-state index in [0.29, 0.717) is 18.1 Å². The van der Waals surface area contributed by atoms with Crippen LogP contribution in [0, 0.1) is 17.0 Å². The van der Waals surface area contributed by atoms with Crippen molar-refractivity contribution in [1.29, 1.82) is 0 Å². The zero-order chi connectivity index (χ0) is 12.5. The van der Waals surface area contributed by atoms with E-state index in [0.717, 1.165) is 5.57 Å². The predicted octanol–water partition coefficient (Wildman–Crippen LogP) is 1.65. The van der Waals surface area contributed by atoms with Crippen LogP contribution >= 0.6 is 0 Å². The lowest BCUT2D eigenvalue weighted by Crippen LogP contribution is -2.22. The summed E-state index contributed by atoms with van der Waals surface area (Å²) < 4.78 is 1.52. The molecule has 0 bridgehead atoms. The third kappa shape index (κ3) is 2.21. The fourth-order valence-electron chi connectivity index (χ4n) is 1.76. The molecule has 0 N–H and O–H groups in total. The topological polar surface area (TPSA) is 64.2 Å². The second kappa shape index (κ2) is 4.34. The van der Waals surface area contributed by atoms with E-state index in [9.17, 15) is 10.1 Å². The van der Waals surface area contributed by atoms with Gasteiger partial charge in [-0.2, -0.15) is 5.10 Å². The molecule has 0 atom stereocenters. The second-order valence-corrected chi connectivity index (χ2v) is 3.95. The van der Waals surface area contributed by atoms with Crippen LogP contribution in [0.3, 0.4) is 0 Å². The average Bonchev–Trinajstić information content (AvgIpc) is 2.39. The van der Waals surface area contributed by atoms with Gasteiger partial charge in [-0.3, -0.25) is 10.1 Å². The van der Waals surface area contributed by atoms with E-state index in [-0.39, 0.29) is 5.69 Å². The first kappa shape index (κ1) is 12.2. The molecule has 0 saturated heterocycles. The third-order valence-electron chi connectivity index (χ3n) is 2.21.